The molecule has 1 saturated heterocycles. The normalized spacial score (nSPS) is 25.7. The monoisotopic (exact) mass is 421 g/mol. The first-order chi connectivity index (χ1) is 14.0. The van der Waals surface area contributed by atoms with E-state index in [4.69, 9.17) is 15.2 Å². The van der Waals surface area contributed by atoms with Crippen molar-refractivity contribution in [2.45, 2.75) is 42.7 Å². The van der Waals surface area contributed by atoms with Crippen molar-refractivity contribution < 1.29 is 19.7 Å². The van der Waals surface area contributed by atoms with E-state index in [1.807, 2.05) is 24.7 Å². The SMILES string of the molecule is C[C@H](CSc1nccn1C)OC[C@H]1O[C@@H](n2cnc3c(N)ncnc32)[C@H](O)[C@@H]1O. The molecule has 1 fully saturated rings. The molecule has 0 amide bonds. The Morgan fingerprint density at radius 2 is 2.10 bits per heavy atom. The zero-order valence-corrected chi connectivity index (χ0v) is 16.8. The molecule has 156 valence electrons. The van der Waals surface area contributed by atoms with Gasteiger partial charge in [-0.3, -0.25) is 4.57 Å². The molecule has 1 aliphatic heterocycles. The summed E-state index contributed by atoms with van der Waals surface area (Å²) < 4.78 is 15.2. The predicted molar refractivity (Wildman–Crippen MR) is 105 cm³/mol. The van der Waals surface area contributed by atoms with Gasteiger partial charge in [0.2, 0.25) is 0 Å². The molecular formula is C17H23N7O4S. The van der Waals surface area contributed by atoms with Crippen molar-refractivity contribution in [2.75, 3.05) is 18.1 Å². The molecule has 0 aliphatic carbocycles. The largest absolute Gasteiger partial charge is 0.387 e. The molecule has 0 aromatic carbocycles. The van der Waals surface area contributed by atoms with Gasteiger partial charge in [0, 0.05) is 25.2 Å². The van der Waals surface area contributed by atoms with E-state index in [0.29, 0.717) is 16.9 Å². The van der Waals surface area contributed by atoms with Crippen LogP contribution in [-0.4, -0.2) is 76.1 Å². The third-order valence-electron chi connectivity index (χ3n) is 4.77. The van der Waals surface area contributed by atoms with Crippen LogP contribution < -0.4 is 5.73 Å². The molecule has 29 heavy (non-hydrogen) atoms. The van der Waals surface area contributed by atoms with Gasteiger partial charge in [0.05, 0.1) is 19.0 Å². The van der Waals surface area contributed by atoms with Crippen LogP contribution in [0.2, 0.25) is 0 Å². The number of aliphatic hydroxyl groups is 2. The van der Waals surface area contributed by atoms with Crippen molar-refractivity contribution in [1.82, 2.24) is 29.1 Å². The van der Waals surface area contributed by atoms with Gasteiger partial charge in [-0.05, 0) is 6.92 Å². The number of aromatic nitrogens is 6. The number of rotatable bonds is 7. The highest BCUT2D eigenvalue weighted by atomic mass is 32.2. The fourth-order valence-electron chi connectivity index (χ4n) is 3.14. The Bertz CT molecular complexity index is 980. The van der Waals surface area contributed by atoms with Gasteiger partial charge in [0.15, 0.2) is 22.8 Å². The Morgan fingerprint density at radius 3 is 2.86 bits per heavy atom. The van der Waals surface area contributed by atoms with Gasteiger partial charge in [-0.1, -0.05) is 11.8 Å². The first-order valence-electron chi connectivity index (χ1n) is 9.12. The molecule has 0 saturated carbocycles. The molecule has 3 aromatic heterocycles. The molecule has 5 atom stereocenters. The van der Waals surface area contributed by atoms with E-state index in [0.717, 1.165) is 5.16 Å². The second kappa shape index (κ2) is 8.24. The number of imidazole rings is 2. The lowest BCUT2D eigenvalue weighted by Gasteiger charge is -2.18. The topological polar surface area (TPSA) is 146 Å². The summed E-state index contributed by atoms with van der Waals surface area (Å²) in [6, 6.07) is 0. The van der Waals surface area contributed by atoms with Gasteiger partial charge in [0.25, 0.3) is 0 Å². The number of hydrogen-bond donors (Lipinski definition) is 3. The third kappa shape index (κ3) is 3.94. The number of aryl methyl sites for hydroxylation is 1. The third-order valence-corrected chi connectivity index (χ3v) is 6.06. The number of fused-ring (bicyclic) bond motifs is 1. The van der Waals surface area contributed by atoms with Crippen LogP contribution in [0.15, 0.2) is 30.2 Å². The summed E-state index contributed by atoms with van der Waals surface area (Å²) in [5, 5.41) is 21.8. The number of nitrogens with two attached hydrogens (primary N) is 1. The average Bonchev–Trinajstić information content (AvgIpc) is 3.38. The van der Waals surface area contributed by atoms with E-state index in [1.54, 1.807) is 22.5 Å². The fraction of sp³-hybridized carbons (Fsp3) is 0.529. The summed E-state index contributed by atoms with van der Waals surface area (Å²) in [5.41, 5.74) is 6.64. The maximum atomic E-state index is 10.5. The molecule has 12 heteroatoms. The lowest BCUT2D eigenvalue weighted by atomic mass is 10.1. The smallest absolute Gasteiger partial charge is 0.167 e. The van der Waals surface area contributed by atoms with Gasteiger partial charge in [-0.2, -0.15) is 0 Å². The van der Waals surface area contributed by atoms with Gasteiger partial charge in [-0.25, -0.2) is 19.9 Å². The van der Waals surface area contributed by atoms with Crippen molar-refractivity contribution in [3.8, 4) is 0 Å². The Morgan fingerprint density at radius 1 is 1.28 bits per heavy atom. The number of nitrogens with zero attached hydrogens (tertiary/aromatic N) is 6. The van der Waals surface area contributed by atoms with Crippen molar-refractivity contribution in [3.63, 3.8) is 0 Å². The standard InChI is InChI=1S/C17H23N7O4S/c1-9(6-29-17-19-3-4-23(17)2)27-5-10-12(25)13(26)16(28-10)24-8-22-11-14(18)20-7-21-15(11)24/h3-4,7-10,12-13,16,25-26H,5-6H2,1-2H3,(H2,18,20,21)/t9-,10-,12-,13-,16-/m1/s1. The van der Waals surface area contributed by atoms with Crippen molar-refractivity contribution in [2.24, 2.45) is 7.05 Å². The summed E-state index contributed by atoms with van der Waals surface area (Å²) in [5.74, 6) is 0.933. The number of ether oxygens (including phenoxy) is 2. The summed E-state index contributed by atoms with van der Waals surface area (Å²) in [4.78, 5) is 16.5. The number of hydrogen-bond acceptors (Lipinski definition) is 10. The lowest BCUT2D eigenvalue weighted by molar-refractivity contribution is -0.0748. The van der Waals surface area contributed by atoms with Crippen LogP contribution in [0.1, 0.15) is 13.2 Å². The van der Waals surface area contributed by atoms with E-state index < -0.39 is 24.5 Å². The first-order valence-corrected chi connectivity index (χ1v) is 10.1. The number of anilines is 1. The fourth-order valence-corrected chi connectivity index (χ4v) is 4.02. The molecule has 0 unspecified atom stereocenters. The van der Waals surface area contributed by atoms with Crippen LogP contribution in [0.4, 0.5) is 5.82 Å². The summed E-state index contributed by atoms with van der Waals surface area (Å²) in [6.45, 7) is 2.08. The first kappa shape index (κ1) is 20.0. The molecular weight excluding hydrogens is 398 g/mol. The number of nitrogen functional groups attached to an aromatic ring is 1. The predicted octanol–water partition coefficient (Wildman–Crippen LogP) is -0.0414. The summed E-state index contributed by atoms with van der Waals surface area (Å²) >= 11 is 1.58. The molecule has 0 radical (unpaired) electrons. The minimum Gasteiger partial charge on any atom is -0.387 e. The maximum Gasteiger partial charge on any atom is 0.167 e. The van der Waals surface area contributed by atoms with E-state index >= 15 is 0 Å². The minimum atomic E-state index is -1.16. The van der Waals surface area contributed by atoms with E-state index in [-0.39, 0.29) is 18.5 Å². The van der Waals surface area contributed by atoms with Crippen molar-refractivity contribution in [1.29, 1.82) is 0 Å². The highest BCUT2D eigenvalue weighted by Gasteiger charge is 2.44. The second-order valence-electron chi connectivity index (χ2n) is 6.90. The molecule has 1 aliphatic rings. The quantitative estimate of drug-likeness (QED) is 0.444. The zero-order valence-electron chi connectivity index (χ0n) is 16.0. The van der Waals surface area contributed by atoms with Crippen molar-refractivity contribution >= 4 is 28.7 Å². The molecule has 11 nitrogen and oxygen atoms in total. The van der Waals surface area contributed by atoms with Crippen LogP contribution >= 0.6 is 11.8 Å². The molecule has 0 bridgehead atoms. The lowest BCUT2D eigenvalue weighted by Crippen LogP contribution is -2.34. The van der Waals surface area contributed by atoms with Crippen LogP contribution in [0.5, 0.6) is 0 Å². The van der Waals surface area contributed by atoms with Gasteiger partial charge >= 0.3 is 0 Å². The molecule has 4 heterocycles. The molecule has 4 N–H and O–H groups in total. The maximum absolute atomic E-state index is 10.5. The molecule has 3 aromatic rings. The van der Waals surface area contributed by atoms with Crippen LogP contribution in [0, 0.1) is 0 Å². The average molecular weight is 421 g/mol. The van der Waals surface area contributed by atoms with Crippen LogP contribution in [-0.2, 0) is 16.5 Å². The summed E-state index contributed by atoms with van der Waals surface area (Å²) in [7, 11) is 1.93. The molecule has 0 spiro atoms. The Kier molecular flexibility index (Phi) is 5.69. The number of thioether (sulfide) groups is 1. The molecule has 4 rings (SSSR count). The van der Waals surface area contributed by atoms with E-state index in [2.05, 4.69) is 19.9 Å². The number of aliphatic hydroxyl groups excluding tert-OH is 2. The Hall–Kier alpha value is -2.25. The van der Waals surface area contributed by atoms with E-state index in [1.165, 1.54) is 12.7 Å². The van der Waals surface area contributed by atoms with Crippen LogP contribution in [0.3, 0.4) is 0 Å². The Balaban J connectivity index is 1.37. The highest BCUT2D eigenvalue weighted by molar-refractivity contribution is 7.99. The second-order valence-corrected chi connectivity index (χ2v) is 7.89. The van der Waals surface area contributed by atoms with Gasteiger partial charge in [0.1, 0.15) is 30.2 Å². The van der Waals surface area contributed by atoms with Crippen molar-refractivity contribution in [3.05, 3.63) is 25.0 Å². The highest BCUT2D eigenvalue weighted by Crippen LogP contribution is 2.32. The van der Waals surface area contributed by atoms with E-state index in [9.17, 15) is 10.2 Å². The Labute approximate surface area is 170 Å². The zero-order chi connectivity index (χ0) is 20.5. The van der Waals surface area contributed by atoms with Crippen LogP contribution in [0.25, 0.3) is 11.2 Å². The van der Waals surface area contributed by atoms with Gasteiger partial charge in [-0.15, -0.1) is 0 Å². The minimum absolute atomic E-state index is 0.0923. The summed E-state index contributed by atoms with van der Waals surface area (Å²) in [6.07, 6.45) is 2.52. The van der Waals surface area contributed by atoms with Gasteiger partial charge < -0.3 is 30.0 Å².